The summed E-state index contributed by atoms with van der Waals surface area (Å²) in [5.41, 5.74) is 31.0. The fourth-order valence-electron chi connectivity index (χ4n) is 5.21. The molecule has 11 nitrogen and oxygen atoms in total. The third-order valence-corrected chi connectivity index (χ3v) is 7.86. The Bertz CT molecular complexity index is 1160. The van der Waals surface area contributed by atoms with E-state index in [9.17, 15) is 4.79 Å². The minimum atomic E-state index is -0.0911. The number of para-hydroxylation sites is 2. The van der Waals surface area contributed by atoms with Crippen LogP contribution in [0.4, 0.5) is 0 Å². The number of rotatable bonds is 7. The average molecular weight is 645 g/mol. The molecule has 11 N–H and O–H groups in total. The van der Waals surface area contributed by atoms with E-state index in [2.05, 4.69) is 41.1 Å². The molecule has 3 aliphatic heterocycles. The molecule has 6 rings (SSSR count). The predicted molar refractivity (Wildman–Crippen MR) is 193 cm³/mol. The summed E-state index contributed by atoms with van der Waals surface area (Å²) in [7, 11) is 0. The Morgan fingerprint density at radius 1 is 0.761 bits per heavy atom. The standard InChI is InChI=1S/C9H11N3O.C8H11N.C7H16N2.2C5H11NO.CH4/c10-5-6-12-8-4-2-1-3-7(8)11-9(12)13;1-7-2-4-8(6-9)5-3-7;8-4-7-9-5-2-1-3-6-9;2*6-4-5-2-1-3-7-5;/h1-4H,5-6,10H2,(H,11,13);2-5H,6,9H2,1H3;1-8H2;2*5H,1-4,6H2;1H4/t;;;2*5-;/m...10./s1. The van der Waals surface area contributed by atoms with E-state index in [0.717, 1.165) is 50.2 Å². The maximum atomic E-state index is 11.4. The van der Waals surface area contributed by atoms with Crippen molar-refractivity contribution in [1.29, 1.82) is 0 Å². The quantitative estimate of drug-likeness (QED) is 0.225. The van der Waals surface area contributed by atoms with Gasteiger partial charge in [0, 0.05) is 59.0 Å². The van der Waals surface area contributed by atoms with Crippen LogP contribution in [0.15, 0.2) is 53.3 Å². The lowest BCUT2D eigenvalue weighted by molar-refractivity contribution is 0.117. The van der Waals surface area contributed by atoms with Crippen molar-refractivity contribution in [3.63, 3.8) is 0 Å². The van der Waals surface area contributed by atoms with E-state index in [-0.39, 0.29) is 13.1 Å². The molecular weight excluding hydrogens is 580 g/mol. The number of nitrogens with one attached hydrogen (secondary N) is 1. The fraction of sp³-hybridized carbons (Fsp3) is 0.629. The van der Waals surface area contributed by atoms with Crippen LogP contribution in [0.3, 0.4) is 0 Å². The van der Waals surface area contributed by atoms with Crippen molar-refractivity contribution >= 4 is 11.0 Å². The zero-order valence-corrected chi connectivity index (χ0v) is 27.5. The number of ether oxygens (including phenoxy) is 2. The zero-order valence-electron chi connectivity index (χ0n) is 27.5. The van der Waals surface area contributed by atoms with Gasteiger partial charge in [0.1, 0.15) is 0 Å². The summed E-state index contributed by atoms with van der Waals surface area (Å²) in [6.07, 6.45) is 9.64. The van der Waals surface area contributed by atoms with Crippen LogP contribution in [0.25, 0.3) is 11.0 Å². The lowest BCUT2D eigenvalue weighted by Gasteiger charge is -2.25. The number of hydrogen-bond acceptors (Lipinski definition) is 9. The van der Waals surface area contributed by atoms with E-state index in [1.807, 2.05) is 24.3 Å². The third-order valence-electron chi connectivity index (χ3n) is 7.86. The lowest BCUT2D eigenvalue weighted by atomic mass is 10.1. The first kappa shape index (κ1) is 41.4. The number of nitrogens with two attached hydrogens (primary N) is 5. The van der Waals surface area contributed by atoms with E-state index in [4.69, 9.17) is 38.1 Å². The van der Waals surface area contributed by atoms with Gasteiger partial charge in [-0.25, -0.2) is 4.79 Å². The van der Waals surface area contributed by atoms with Crippen LogP contribution in [-0.4, -0.2) is 85.7 Å². The molecule has 46 heavy (non-hydrogen) atoms. The number of fused-ring (bicyclic) bond motifs is 1. The third kappa shape index (κ3) is 16.3. The Kier molecular flexibility index (Phi) is 22.9. The molecule has 0 radical (unpaired) electrons. The largest absolute Gasteiger partial charge is 0.377 e. The van der Waals surface area contributed by atoms with E-state index in [0.29, 0.717) is 44.9 Å². The number of piperidine rings is 1. The summed E-state index contributed by atoms with van der Waals surface area (Å²) < 4.78 is 12.0. The molecule has 0 amide bonds. The molecule has 0 aliphatic carbocycles. The highest BCUT2D eigenvalue weighted by atomic mass is 16.5. The second-order valence-electron chi connectivity index (χ2n) is 11.5. The van der Waals surface area contributed by atoms with Crippen LogP contribution in [0.1, 0.15) is 63.5 Å². The van der Waals surface area contributed by atoms with Gasteiger partial charge in [-0.3, -0.25) is 4.57 Å². The van der Waals surface area contributed by atoms with Gasteiger partial charge in [-0.2, -0.15) is 0 Å². The molecule has 11 heteroatoms. The van der Waals surface area contributed by atoms with Gasteiger partial charge in [-0.15, -0.1) is 0 Å². The molecule has 3 aliphatic rings. The number of benzene rings is 2. The average Bonchev–Trinajstić information content (AvgIpc) is 3.86. The van der Waals surface area contributed by atoms with Gasteiger partial charge >= 0.3 is 5.69 Å². The van der Waals surface area contributed by atoms with Crippen LogP contribution < -0.4 is 34.4 Å². The minimum Gasteiger partial charge on any atom is -0.377 e. The molecular formula is C35H64N8O3. The van der Waals surface area contributed by atoms with Gasteiger partial charge in [-0.05, 0) is 76.2 Å². The van der Waals surface area contributed by atoms with Gasteiger partial charge in [-0.1, -0.05) is 55.8 Å². The van der Waals surface area contributed by atoms with Gasteiger partial charge in [0.25, 0.3) is 0 Å². The van der Waals surface area contributed by atoms with Crippen molar-refractivity contribution < 1.29 is 9.47 Å². The van der Waals surface area contributed by atoms with Crippen LogP contribution in [-0.2, 0) is 22.6 Å². The highest BCUT2D eigenvalue weighted by Crippen LogP contribution is 2.10. The van der Waals surface area contributed by atoms with Crippen molar-refractivity contribution in [3.8, 4) is 0 Å². The second-order valence-corrected chi connectivity index (χ2v) is 11.5. The number of hydrogen-bond donors (Lipinski definition) is 6. The Morgan fingerprint density at radius 3 is 1.78 bits per heavy atom. The maximum Gasteiger partial charge on any atom is 0.326 e. The molecule has 1 aromatic heterocycles. The first-order chi connectivity index (χ1) is 21.9. The van der Waals surface area contributed by atoms with Crippen molar-refractivity contribution in [2.24, 2.45) is 28.7 Å². The van der Waals surface area contributed by atoms with Crippen molar-refractivity contribution in [3.05, 3.63) is 70.1 Å². The molecule has 0 saturated carbocycles. The van der Waals surface area contributed by atoms with E-state index in [1.165, 1.54) is 56.3 Å². The molecule has 262 valence electrons. The summed E-state index contributed by atoms with van der Waals surface area (Å²) in [5.74, 6) is 0. The normalized spacial score (nSPS) is 18.8. The van der Waals surface area contributed by atoms with Gasteiger partial charge in [0.2, 0.25) is 0 Å². The van der Waals surface area contributed by atoms with E-state index >= 15 is 0 Å². The molecule has 2 atom stereocenters. The topological polar surface area (TPSA) is 190 Å². The zero-order chi connectivity index (χ0) is 32.7. The van der Waals surface area contributed by atoms with E-state index < -0.39 is 0 Å². The van der Waals surface area contributed by atoms with Crippen LogP contribution in [0, 0.1) is 6.92 Å². The van der Waals surface area contributed by atoms with Crippen LogP contribution in [0.5, 0.6) is 0 Å². The van der Waals surface area contributed by atoms with Crippen molar-refractivity contribution in [2.75, 3.05) is 59.0 Å². The first-order valence-corrected chi connectivity index (χ1v) is 16.6. The highest BCUT2D eigenvalue weighted by molar-refractivity contribution is 5.74. The second kappa shape index (κ2) is 25.5. The SMILES string of the molecule is C.Cc1ccc(CN)cc1.NCCN1CCCCC1.NCCn1c(=O)[nH]c2ccccc21.NC[C@@H]1CCCO1.NC[C@H]1CCCO1. The summed E-state index contributed by atoms with van der Waals surface area (Å²) in [4.78, 5) is 16.6. The van der Waals surface area contributed by atoms with E-state index in [1.54, 1.807) is 4.57 Å². The molecule has 4 heterocycles. The number of imidazole rings is 1. The molecule has 3 fully saturated rings. The number of likely N-dealkylation sites (tertiary alicyclic amines) is 1. The van der Waals surface area contributed by atoms with Crippen molar-refractivity contribution in [2.45, 2.75) is 84.6 Å². The highest BCUT2D eigenvalue weighted by Gasteiger charge is 2.12. The molecule has 3 saturated heterocycles. The number of aryl methyl sites for hydroxylation is 1. The smallest absolute Gasteiger partial charge is 0.326 e. The minimum absolute atomic E-state index is 0. The van der Waals surface area contributed by atoms with Gasteiger partial charge in [0.05, 0.1) is 23.2 Å². The Balaban J connectivity index is 0.000000292. The number of aromatic nitrogens is 2. The number of H-pyrrole nitrogens is 1. The van der Waals surface area contributed by atoms with Crippen molar-refractivity contribution in [1.82, 2.24) is 14.5 Å². The summed E-state index contributed by atoms with van der Waals surface area (Å²) in [6, 6.07) is 15.8. The van der Waals surface area contributed by atoms with Crippen LogP contribution >= 0.6 is 0 Å². The molecule has 3 aromatic rings. The van der Waals surface area contributed by atoms with Gasteiger partial charge < -0.3 is 48.0 Å². The fourth-order valence-corrected chi connectivity index (χ4v) is 5.21. The van der Waals surface area contributed by atoms with Gasteiger partial charge in [0.15, 0.2) is 0 Å². The first-order valence-electron chi connectivity index (χ1n) is 16.6. The molecule has 0 unspecified atom stereocenters. The Morgan fingerprint density at radius 2 is 1.33 bits per heavy atom. The lowest BCUT2D eigenvalue weighted by Crippen LogP contribution is -2.33. The Labute approximate surface area is 277 Å². The summed E-state index contributed by atoms with van der Waals surface area (Å²) in [6.45, 7) is 11.4. The summed E-state index contributed by atoms with van der Waals surface area (Å²) in [5, 5.41) is 0. The molecule has 0 bridgehead atoms. The molecule has 2 aromatic carbocycles. The monoisotopic (exact) mass is 645 g/mol. The number of nitrogens with zero attached hydrogens (tertiary/aromatic N) is 2. The number of aromatic amines is 1. The molecule has 0 spiro atoms. The summed E-state index contributed by atoms with van der Waals surface area (Å²) >= 11 is 0. The Hall–Kier alpha value is -2.61. The predicted octanol–water partition coefficient (Wildman–Crippen LogP) is 3.06. The van der Waals surface area contributed by atoms with Crippen LogP contribution in [0.2, 0.25) is 0 Å². The maximum absolute atomic E-state index is 11.4.